The number of nitrogens with zero attached hydrogens (tertiary/aromatic N) is 1. The van der Waals surface area contributed by atoms with Crippen LogP contribution in [-0.2, 0) is 35.5 Å². The van der Waals surface area contributed by atoms with E-state index in [1.54, 1.807) is 48.5 Å². The summed E-state index contributed by atoms with van der Waals surface area (Å²) in [6.45, 7) is 4.49. The summed E-state index contributed by atoms with van der Waals surface area (Å²) in [7, 11) is 0. The molecule has 0 unspecified atom stereocenters. The summed E-state index contributed by atoms with van der Waals surface area (Å²) in [5, 5.41) is 6.48. The second-order valence-corrected chi connectivity index (χ2v) is 9.49. The summed E-state index contributed by atoms with van der Waals surface area (Å²) in [6.07, 6.45) is 1.65. The first-order chi connectivity index (χ1) is 17.8. The van der Waals surface area contributed by atoms with Crippen LogP contribution >= 0.6 is 23.2 Å². The van der Waals surface area contributed by atoms with E-state index in [9.17, 15) is 14.4 Å². The van der Waals surface area contributed by atoms with Gasteiger partial charge in [0.2, 0.25) is 0 Å². The highest BCUT2D eigenvalue weighted by Gasteiger charge is 2.37. The molecule has 0 atom stereocenters. The number of hydrogen-bond acceptors (Lipinski definition) is 4. The van der Waals surface area contributed by atoms with Gasteiger partial charge in [-0.25, -0.2) is 0 Å². The fourth-order valence-corrected chi connectivity index (χ4v) is 4.54. The highest BCUT2D eigenvalue weighted by molar-refractivity contribution is 6.47. The number of nitrogens with one attached hydrogen (secondary N) is 2. The Bertz CT molecular complexity index is 1340. The molecule has 0 saturated heterocycles. The Labute approximate surface area is 226 Å². The van der Waals surface area contributed by atoms with Gasteiger partial charge in [-0.2, -0.15) is 0 Å². The molecule has 0 spiro atoms. The maximum atomic E-state index is 12.9. The minimum absolute atomic E-state index is 0.0608. The van der Waals surface area contributed by atoms with Crippen LogP contribution in [0.3, 0.4) is 0 Å². The first-order valence-corrected chi connectivity index (χ1v) is 12.8. The third-order valence-corrected chi connectivity index (χ3v) is 6.89. The van der Waals surface area contributed by atoms with Gasteiger partial charge in [0.1, 0.15) is 10.7 Å². The number of halogens is 2. The van der Waals surface area contributed by atoms with Crippen molar-refractivity contribution in [3.05, 3.63) is 110 Å². The maximum absolute atomic E-state index is 12.9. The van der Waals surface area contributed by atoms with Gasteiger partial charge in [-0.3, -0.25) is 19.3 Å². The van der Waals surface area contributed by atoms with Crippen LogP contribution in [0, 0.1) is 0 Å². The first-order valence-electron chi connectivity index (χ1n) is 12.1. The smallest absolute Gasteiger partial charge is 0.278 e. The fraction of sp³-hybridized carbons (Fsp3) is 0.207. The van der Waals surface area contributed by atoms with E-state index < -0.39 is 11.8 Å². The minimum Gasteiger partial charge on any atom is -0.375 e. The zero-order valence-electron chi connectivity index (χ0n) is 20.6. The minimum atomic E-state index is -0.546. The number of para-hydroxylation sites is 1. The first kappa shape index (κ1) is 26.5. The molecular formula is C29H27Cl2N3O3. The molecular weight excluding hydrogens is 509 g/mol. The lowest BCUT2D eigenvalue weighted by Crippen LogP contribution is -2.33. The molecule has 0 bridgehead atoms. The number of imide groups is 1. The molecule has 190 valence electrons. The Kier molecular flexibility index (Phi) is 8.31. The van der Waals surface area contributed by atoms with E-state index in [1.807, 2.05) is 18.2 Å². The van der Waals surface area contributed by atoms with E-state index >= 15 is 0 Å². The predicted octanol–water partition coefficient (Wildman–Crippen LogP) is 5.83. The summed E-state index contributed by atoms with van der Waals surface area (Å²) < 4.78 is 0. The van der Waals surface area contributed by atoms with Crippen LogP contribution < -0.4 is 10.6 Å². The van der Waals surface area contributed by atoms with E-state index in [4.69, 9.17) is 23.2 Å². The van der Waals surface area contributed by atoms with Crippen molar-refractivity contribution in [3.8, 4) is 0 Å². The van der Waals surface area contributed by atoms with Gasteiger partial charge in [-0.05, 0) is 59.4 Å². The molecule has 1 heterocycles. The zero-order valence-corrected chi connectivity index (χ0v) is 22.1. The van der Waals surface area contributed by atoms with Crippen molar-refractivity contribution in [2.24, 2.45) is 0 Å². The molecule has 0 saturated carbocycles. The number of anilines is 1. The zero-order chi connectivity index (χ0) is 26.5. The van der Waals surface area contributed by atoms with Crippen LogP contribution in [-0.4, -0.2) is 22.6 Å². The molecule has 8 heteroatoms. The lowest BCUT2D eigenvalue weighted by atomic mass is 10.0. The largest absolute Gasteiger partial charge is 0.375 e. The van der Waals surface area contributed by atoms with Crippen LogP contribution in [0.25, 0.3) is 0 Å². The molecule has 4 rings (SSSR count). The SMILES string of the molecule is CCc1cccc(CC)c1NC(=O)c1ccc(CNC2=C(Cl)C(=O)N(Cc3ccc(Cl)cc3)C2=O)cc1. The molecule has 0 aromatic heterocycles. The summed E-state index contributed by atoms with van der Waals surface area (Å²) in [6, 6.07) is 20.0. The van der Waals surface area contributed by atoms with Crippen molar-refractivity contribution in [3.63, 3.8) is 0 Å². The Morgan fingerprint density at radius 1 is 0.811 bits per heavy atom. The number of rotatable bonds is 9. The monoisotopic (exact) mass is 535 g/mol. The summed E-state index contributed by atoms with van der Waals surface area (Å²) in [5.74, 6) is -1.22. The normalized spacial score (nSPS) is 13.4. The third kappa shape index (κ3) is 5.87. The van der Waals surface area contributed by atoms with Crippen molar-refractivity contribution < 1.29 is 14.4 Å². The summed E-state index contributed by atoms with van der Waals surface area (Å²) in [4.78, 5) is 39.4. The van der Waals surface area contributed by atoms with Crippen molar-refractivity contribution in [1.29, 1.82) is 0 Å². The number of carbonyl (C=O) groups is 3. The Hall–Kier alpha value is -3.61. The molecule has 0 radical (unpaired) electrons. The molecule has 3 amide bonds. The molecule has 37 heavy (non-hydrogen) atoms. The van der Waals surface area contributed by atoms with Gasteiger partial charge in [0.05, 0.1) is 6.54 Å². The van der Waals surface area contributed by atoms with Crippen LogP contribution in [0.5, 0.6) is 0 Å². The number of hydrogen-bond donors (Lipinski definition) is 2. The highest BCUT2D eigenvalue weighted by Crippen LogP contribution is 2.26. The number of amides is 3. The number of benzene rings is 3. The molecule has 3 aromatic rings. The van der Waals surface area contributed by atoms with Crippen LogP contribution in [0.4, 0.5) is 5.69 Å². The summed E-state index contributed by atoms with van der Waals surface area (Å²) >= 11 is 12.1. The number of carbonyl (C=O) groups excluding carboxylic acids is 3. The molecule has 1 aliphatic heterocycles. The second-order valence-electron chi connectivity index (χ2n) is 8.67. The van der Waals surface area contributed by atoms with E-state index in [1.165, 1.54) is 0 Å². The van der Waals surface area contributed by atoms with E-state index in [0.717, 1.165) is 45.7 Å². The van der Waals surface area contributed by atoms with E-state index in [0.29, 0.717) is 10.6 Å². The third-order valence-electron chi connectivity index (χ3n) is 6.29. The van der Waals surface area contributed by atoms with Gasteiger partial charge in [0.25, 0.3) is 17.7 Å². The van der Waals surface area contributed by atoms with Gasteiger partial charge >= 0.3 is 0 Å². The van der Waals surface area contributed by atoms with Crippen LogP contribution in [0.1, 0.15) is 46.5 Å². The lowest BCUT2D eigenvalue weighted by Gasteiger charge is -2.15. The molecule has 0 fully saturated rings. The maximum Gasteiger partial charge on any atom is 0.278 e. The van der Waals surface area contributed by atoms with Crippen LogP contribution in [0.15, 0.2) is 77.5 Å². The van der Waals surface area contributed by atoms with Crippen molar-refractivity contribution >= 4 is 46.6 Å². The topological polar surface area (TPSA) is 78.5 Å². The van der Waals surface area contributed by atoms with Gasteiger partial charge in [0, 0.05) is 22.8 Å². The number of aryl methyl sites for hydroxylation is 2. The lowest BCUT2D eigenvalue weighted by molar-refractivity contribution is -0.138. The predicted molar refractivity (Wildman–Crippen MR) is 146 cm³/mol. The Morgan fingerprint density at radius 2 is 1.41 bits per heavy atom. The average Bonchev–Trinajstić information content (AvgIpc) is 3.11. The summed E-state index contributed by atoms with van der Waals surface area (Å²) in [5.41, 5.74) is 5.24. The van der Waals surface area contributed by atoms with E-state index in [-0.39, 0.29) is 29.7 Å². The fourth-order valence-electron chi connectivity index (χ4n) is 4.17. The molecule has 2 N–H and O–H groups in total. The van der Waals surface area contributed by atoms with Crippen molar-refractivity contribution in [1.82, 2.24) is 10.2 Å². The quantitative estimate of drug-likeness (QED) is 0.338. The van der Waals surface area contributed by atoms with Gasteiger partial charge in [0.15, 0.2) is 0 Å². The van der Waals surface area contributed by atoms with E-state index in [2.05, 4.69) is 24.5 Å². The second kappa shape index (κ2) is 11.6. The average molecular weight is 536 g/mol. The van der Waals surface area contributed by atoms with Gasteiger partial charge < -0.3 is 10.6 Å². The molecule has 3 aromatic carbocycles. The van der Waals surface area contributed by atoms with Crippen LogP contribution in [0.2, 0.25) is 5.02 Å². The van der Waals surface area contributed by atoms with Crippen molar-refractivity contribution in [2.75, 3.05) is 5.32 Å². The Morgan fingerprint density at radius 3 is 2.00 bits per heavy atom. The van der Waals surface area contributed by atoms with Gasteiger partial charge in [-0.15, -0.1) is 0 Å². The molecule has 0 aliphatic carbocycles. The standard InChI is InChI=1S/C29H27Cl2N3O3/c1-3-20-6-5-7-21(4-2)25(20)33-27(35)22-12-8-18(9-13-22)16-32-26-24(31)28(36)34(29(26)37)17-19-10-14-23(30)15-11-19/h5-15,32H,3-4,16-17H2,1-2H3,(H,33,35). The molecule has 1 aliphatic rings. The van der Waals surface area contributed by atoms with Crippen molar-refractivity contribution in [2.45, 2.75) is 39.8 Å². The Balaban J connectivity index is 1.39. The molecule has 6 nitrogen and oxygen atoms in total. The van der Waals surface area contributed by atoms with Gasteiger partial charge in [-0.1, -0.05) is 79.5 Å². The highest BCUT2D eigenvalue weighted by atomic mass is 35.5.